The number of nitrogens with zero attached hydrogens (tertiary/aromatic N) is 1. The van der Waals surface area contributed by atoms with Gasteiger partial charge in [0.1, 0.15) is 10.6 Å². The summed E-state index contributed by atoms with van der Waals surface area (Å²) >= 11 is 5.93. The van der Waals surface area contributed by atoms with Crippen molar-refractivity contribution in [1.29, 1.82) is 0 Å². The predicted molar refractivity (Wildman–Crippen MR) is 69.8 cm³/mol. The van der Waals surface area contributed by atoms with Crippen molar-refractivity contribution in [3.8, 4) is 5.75 Å². The number of halogens is 1. The molecule has 0 unspecified atom stereocenters. The lowest BCUT2D eigenvalue weighted by Gasteiger charge is -2.26. The molecule has 19 heavy (non-hydrogen) atoms. The third kappa shape index (κ3) is 2.83. The zero-order valence-electron chi connectivity index (χ0n) is 10.2. The maximum Gasteiger partial charge on any atom is 0.245 e. The van der Waals surface area contributed by atoms with Crippen LogP contribution in [-0.2, 0) is 14.8 Å². The van der Waals surface area contributed by atoms with Gasteiger partial charge >= 0.3 is 0 Å². The molecule has 1 saturated heterocycles. The van der Waals surface area contributed by atoms with E-state index in [9.17, 15) is 13.2 Å². The van der Waals surface area contributed by atoms with Gasteiger partial charge < -0.3 is 10.1 Å². The normalized spacial score (nSPS) is 17.1. The monoisotopic (exact) mass is 304 g/mol. The first-order valence-electron chi connectivity index (χ1n) is 5.55. The molecule has 6 nitrogen and oxygen atoms in total. The highest BCUT2D eigenvalue weighted by Crippen LogP contribution is 2.28. The summed E-state index contributed by atoms with van der Waals surface area (Å²) in [6.07, 6.45) is 0. The average Bonchev–Trinajstić information content (AvgIpc) is 2.39. The molecule has 2 rings (SSSR count). The highest BCUT2D eigenvalue weighted by Gasteiger charge is 2.31. The Kier molecular flexibility index (Phi) is 3.98. The van der Waals surface area contributed by atoms with Gasteiger partial charge in [0.25, 0.3) is 0 Å². The SMILES string of the molecule is COc1ccc(Cl)c(S(=O)(=O)N2CCNC(=O)C2)c1. The summed E-state index contributed by atoms with van der Waals surface area (Å²) in [5, 5.41) is 2.67. The first kappa shape index (κ1) is 14.1. The lowest BCUT2D eigenvalue weighted by molar-refractivity contribution is -0.122. The van der Waals surface area contributed by atoms with Crippen LogP contribution in [0.5, 0.6) is 5.75 Å². The van der Waals surface area contributed by atoms with Crippen LogP contribution in [0.4, 0.5) is 0 Å². The third-order valence-corrected chi connectivity index (χ3v) is 5.09. The van der Waals surface area contributed by atoms with Crippen LogP contribution in [0.2, 0.25) is 5.02 Å². The van der Waals surface area contributed by atoms with Gasteiger partial charge in [0.15, 0.2) is 0 Å². The van der Waals surface area contributed by atoms with Crippen LogP contribution in [0.1, 0.15) is 0 Å². The van der Waals surface area contributed by atoms with E-state index in [-0.39, 0.29) is 28.9 Å². The molecule has 1 amide bonds. The predicted octanol–water partition coefficient (Wildman–Crippen LogP) is 0.469. The first-order chi connectivity index (χ1) is 8.95. The number of amides is 1. The van der Waals surface area contributed by atoms with Crippen molar-refractivity contribution in [3.63, 3.8) is 0 Å². The lowest BCUT2D eigenvalue weighted by Crippen LogP contribution is -2.49. The topological polar surface area (TPSA) is 75.7 Å². The molecule has 1 aliphatic heterocycles. The number of benzene rings is 1. The molecular weight excluding hydrogens is 292 g/mol. The molecule has 0 aromatic heterocycles. The van der Waals surface area contributed by atoms with Crippen LogP contribution >= 0.6 is 11.6 Å². The van der Waals surface area contributed by atoms with E-state index in [1.807, 2.05) is 0 Å². The van der Waals surface area contributed by atoms with Crippen molar-refractivity contribution in [1.82, 2.24) is 9.62 Å². The first-order valence-corrected chi connectivity index (χ1v) is 7.37. The Morgan fingerprint density at radius 1 is 1.42 bits per heavy atom. The van der Waals surface area contributed by atoms with Gasteiger partial charge in [-0.15, -0.1) is 0 Å². The Morgan fingerprint density at radius 2 is 2.16 bits per heavy atom. The highest BCUT2D eigenvalue weighted by molar-refractivity contribution is 7.89. The van der Waals surface area contributed by atoms with Crippen LogP contribution in [0.3, 0.4) is 0 Å². The van der Waals surface area contributed by atoms with E-state index in [1.54, 1.807) is 6.07 Å². The number of carbonyl (C=O) groups is 1. The number of piperazine rings is 1. The molecule has 0 bridgehead atoms. The van der Waals surface area contributed by atoms with Gasteiger partial charge in [-0.3, -0.25) is 4.79 Å². The number of sulfonamides is 1. The zero-order valence-corrected chi connectivity index (χ0v) is 11.8. The van der Waals surface area contributed by atoms with Crippen molar-refractivity contribution in [2.45, 2.75) is 4.90 Å². The molecule has 1 N–H and O–H groups in total. The fourth-order valence-electron chi connectivity index (χ4n) is 1.77. The van der Waals surface area contributed by atoms with Crippen molar-refractivity contribution in [2.24, 2.45) is 0 Å². The molecule has 0 spiro atoms. The minimum absolute atomic E-state index is 0.0526. The van der Waals surface area contributed by atoms with Gasteiger partial charge in [0.05, 0.1) is 18.7 Å². The minimum Gasteiger partial charge on any atom is -0.497 e. The fourth-order valence-corrected chi connectivity index (χ4v) is 3.65. The van der Waals surface area contributed by atoms with Crippen LogP contribution in [0.15, 0.2) is 23.1 Å². The van der Waals surface area contributed by atoms with E-state index in [0.717, 1.165) is 4.31 Å². The summed E-state index contributed by atoms with van der Waals surface area (Å²) in [4.78, 5) is 11.2. The Labute approximate surface area is 116 Å². The number of nitrogens with one attached hydrogen (secondary N) is 1. The van der Waals surface area contributed by atoms with Gasteiger partial charge in [-0.25, -0.2) is 8.42 Å². The second-order valence-corrected chi connectivity index (χ2v) is 6.30. The maximum atomic E-state index is 12.4. The highest BCUT2D eigenvalue weighted by atomic mass is 35.5. The summed E-state index contributed by atoms with van der Waals surface area (Å²) in [5.74, 6) is 0.0679. The summed E-state index contributed by atoms with van der Waals surface area (Å²) in [7, 11) is -2.36. The molecule has 1 aromatic carbocycles. The molecule has 1 heterocycles. The van der Waals surface area contributed by atoms with Crippen LogP contribution in [0, 0.1) is 0 Å². The maximum absolute atomic E-state index is 12.4. The standard InChI is InChI=1S/C11H13ClN2O4S/c1-18-8-2-3-9(12)10(6-8)19(16,17)14-5-4-13-11(15)7-14/h2-3,6H,4-5,7H2,1H3,(H,13,15). The molecule has 0 saturated carbocycles. The molecule has 8 heteroatoms. The van der Waals surface area contributed by atoms with E-state index in [0.29, 0.717) is 12.3 Å². The summed E-state index contributed by atoms with van der Waals surface area (Å²) in [5.41, 5.74) is 0. The van der Waals surface area contributed by atoms with E-state index in [4.69, 9.17) is 16.3 Å². The van der Waals surface area contributed by atoms with E-state index in [1.165, 1.54) is 19.2 Å². The van der Waals surface area contributed by atoms with E-state index in [2.05, 4.69) is 5.32 Å². The van der Waals surface area contributed by atoms with Crippen molar-refractivity contribution in [2.75, 3.05) is 26.7 Å². The van der Waals surface area contributed by atoms with Gasteiger partial charge in [-0.05, 0) is 12.1 Å². The smallest absolute Gasteiger partial charge is 0.245 e. The number of carbonyl (C=O) groups excluding carboxylic acids is 1. The summed E-state index contributed by atoms with van der Waals surface area (Å²) in [6, 6.07) is 4.38. The second-order valence-electron chi connectivity index (χ2n) is 3.98. The number of hydrogen-bond acceptors (Lipinski definition) is 4. The van der Waals surface area contributed by atoms with Gasteiger partial charge in [0, 0.05) is 19.2 Å². The molecule has 1 fully saturated rings. The Balaban J connectivity index is 2.41. The largest absolute Gasteiger partial charge is 0.497 e. The lowest BCUT2D eigenvalue weighted by atomic mass is 10.3. The zero-order chi connectivity index (χ0) is 14.0. The minimum atomic E-state index is -3.80. The molecule has 0 atom stereocenters. The Hall–Kier alpha value is -1.31. The Morgan fingerprint density at radius 3 is 2.79 bits per heavy atom. The van der Waals surface area contributed by atoms with E-state index >= 15 is 0 Å². The van der Waals surface area contributed by atoms with Gasteiger partial charge in [-0.2, -0.15) is 4.31 Å². The molecule has 104 valence electrons. The van der Waals surface area contributed by atoms with E-state index < -0.39 is 10.0 Å². The summed E-state index contributed by atoms with van der Waals surface area (Å²) < 4.78 is 31.0. The van der Waals surface area contributed by atoms with Crippen molar-refractivity contribution in [3.05, 3.63) is 23.2 Å². The van der Waals surface area contributed by atoms with Gasteiger partial charge in [-0.1, -0.05) is 11.6 Å². The van der Waals surface area contributed by atoms with Crippen molar-refractivity contribution < 1.29 is 17.9 Å². The molecule has 1 aromatic rings. The van der Waals surface area contributed by atoms with Gasteiger partial charge in [0.2, 0.25) is 15.9 Å². The number of hydrogen-bond donors (Lipinski definition) is 1. The summed E-state index contributed by atoms with van der Waals surface area (Å²) in [6.45, 7) is 0.317. The Bertz CT molecular complexity index is 603. The van der Waals surface area contributed by atoms with Crippen LogP contribution < -0.4 is 10.1 Å². The van der Waals surface area contributed by atoms with Crippen molar-refractivity contribution >= 4 is 27.5 Å². The number of ether oxygens (including phenoxy) is 1. The fraction of sp³-hybridized carbons (Fsp3) is 0.364. The average molecular weight is 305 g/mol. The molecular formula is C11H13ClN2O4S. The van der Waals surface area contributed by atoms with Crippen LogP contribution in [0.25, 0.3) is 0 Å². The molecule has 0 radical (unpaired) electrons. The number of methoxy groups -OCH3 is 1. The van der Waals surface area contributed by atoms with Crippen LogP contribution in [-0.4, -0.2) is 45.4 Å². The number of rotatable bonds is 3. The molecule has 0 aliphatic carbocycles. The quantitative estimate of drug-likeness (QED) is 0.881. The molecule has 1 aliphatic rings. The third-order valence-electron chi connectivity index (χ3n) is 2.76. The second kappa shape index (κ2) is 5.36.